The summed E-state index contributed by atoms with van der Waals surface area (Å²) < 4.78 is 2.34. The molecule has 0 aromatic rings. The van der Waals surface area contributed by atoms with Crippen LogP contribution in [0.1, 0.15) is 6.92 Å². The lowest BCUT2D eigenvalue weighted by Gasteiger charge is -2.15. The van der Waals surface area contributed by atoms with Crippen LogP contribution in [0.4, 0.5) is 0 Å². The Hall–Kier alpha value is 1.09. The largest absolute Gasteiger partial charge is 0.272 e. The van der Waals surface area contributed by atoms with Gasteiger partial charge in [0.25, 0.3) is 0 Å². The molecule has 1 heterocycles. The average molecular weight is 181 g/mol. The van der Waals surface area contributed by atoms with Gasteiger partial charge in [-0.3, -0.25) is 4.67 Å². The van der Waals surface area contributed by atoms with Gasteiger partial charge in [0.05, 0.1) is 6.48 Å². The molecule has 1 fully saturated rings. The Morgan fingerprint density at radius 1 is 1.56 bits per heavy atom. The summed E-state index contributed by atoms with van der Waals surface area (Å²) in [4.78, 5) is 0. The van der Waals surface area contributed by atoms with Gasteiger partial charge in [-0.25, -0.2) is 0 Å². The predicted molar refractivity (Wildman–Crippen MR) is 50.1 cm³/mol. The van der Waals surface area contributed by atoms with E-state index in [0.29, 0.717) is 0 Å². The molecule has 0 N–H and O–H groups in total. The first kappa shape index (κ1) is 8.19. The fourth-order valence-electron chi connectivity index (χ4n) is 0.593. The minimum absolute atomic E-state index is 0.123. The molecule has 0 spiro atoms. The lowest BCUT2D eigenvalue weighted by atomic mass is 10.6. The molecule has 0 saturated carbocycles. The van der Waals surface area contributed by atoms with E-state index in [2.05, 4.69) is 48.5 Å². The molecule has 0 amide bonds. The van der Waals surface area contributed by atoms with Crippen molar-refractivity contribution in [2.75, 3.05) is 19.8 Å². The first-order chi connectivity index (χ1) is 4.20. The van der Waals surface area contributed by atoms with Gasteiger partial charge in [-0.2, -0.15) is 0 Å². The second-order valence-corrected chi connectivity index (χ2v) is 9.36. The molecule has 4 heteroatoms. The Morgan fingerprint density at radius 3 is 2.44 bits per heavy atom. The molecule has 0 aliphatic carbocycles. The van der Waals surface area contributed by atoms with Crippen LogP contribution < -0.4 is 0 Å². The summed E-state index contributed by atoms with van der Waals surface area (Å²) in [6.07, 6.45) is 0. The minimum atomic E-state index is 0.123. The molecule has 2 atom stereocenters. The summed E-state index contributed by atoms with van der Waals surface area (Å²) in [5, 5.41) is 0.878. The van der Waals surface area contributed by atoms with Crippen molar-refractivity contribution in [2.45, 2.75) is 12.2 Å². The topological polar surface area (TPSA) is 3.24 Å². The zero-order valence-corrected chi connectivity index (χ0v) is 8.52. The van der Waals surface area contributed by atoms with Crippen molar-refractivity contribution in [3.8, 4) is 0 Å². The normalized spacial score (nSPS) is 36.0. The van der Waals surface area contributed by atoms with Gasteiger partial charge in [-0.15, -0.1) is 22.8 Å². The van der Waals surface area contributed by atoms with E-state index in [1.54, 1.807) is 0 Å². The molecule has 1 saturated heterocycles. The van der Waals surface area contributed by atoms with Crippen LogP contribution in [-0.2, 0) is 0 Å². The van der Waals surface area contributed by atoms with Crippen LogP contribution in [0, 0.1) is 0 Å². The van der Waals surface area contributed by atoms with E-state index in [1.807, 2.05) is 0 Å². The van der Waals surface area contributed by atoms with Crippen molar-refractivity contribution in [2.24, 2.45) is 0 Å². The van der Waals surface area contributed by atoms with Crippen LogP contribution >= 0.6 is 29.2 Å². The van der Waals surface area contributed by atoms with Crippen molar-refractivity contribution >= 4 is 29.2 Å². The third kappa shape index (κ3) is 2.30. The van der Waals surface area contributed by atoms with Crippen molar-refractivity contribution in [3.63, 3.8) is 0 Å². The summed E-state index contributed by atoms with van der Waals surface area (Å²) >= 11 is 4.24. The number of rotatable bonds is 1. The van der Waals surface area contributed by atoms with Crippen molar-refractivity contribution in [1.82, 2.24) is 4.67 Å². The van der Waals surface area contributed by atoms with Gasteiger partial charge >= 0.3 is 0 Å². The summed E-state index contributed by atoms with van der Waals surface area (Å²) in [6, 6.07) is 0. The highest BCUT2D eigenvalue weighted by Gasteiger charge is 2.24. The monoisotopic (exact) mass is 181 g/mol. The van der Waals surface area contributed by atoms with Crippen molar-refractivity contribution in [1.29, 1.82) is 0 Å². The summed E-state index contributed by atoms with van der Waals surface area (Å²) in [7, 11) is 4.34. The maximum Gasteiger partial charge on any atom is 0.0873 e. The molecular weight excluding hydrogens is 169 g/mol. The third-order valence-electron chi connectivity index (χ3n) is 1.02. The first-order valence-electron chi connectivity index (χ1n) is 2.97. The zero-order chi connectivity index (χ0) is 6.85. The van der Waals surface area contributed by atoms with Gasteiger partial charge in [0.15, 0.2) is 0 Å². The number of nitrogens with zero attached hydrogens (tertiary/aromatic N) is 1. The van der Waals surface area contributed by atoms with E-state index < -0.39 is 0 Å². The van der Waals surface area contributed by atoms with Crippen LogP contribution in [0.2, 0.25) is 0 Å². The summed E-state index contributed by atoms with van der Waals surface area (Å²) in [5.74, 6) is 1.34. The Bertz CT molecular complexity index is 99.0. The number of hydrogen-bond acceptors (Lipinski definition) is 3. The highest BCUT2D eigenvalue weighted by molar-refractivity contribution is 8.89. The lowest BCUT2D eigenvalue weighted by molar-refractivity contribution is 0.698. The van der Waals surface area contributed by atoms with Crippen LogP contribution in [0.15, 0.2) is 0 Å². The maximum absolute atomic E-state index is 2.34. The summed E-state index contributed by atoms with van der Waals surface area (Å²) in [5.41, 5.74) is 0. The van der Waals surface area contributed by atoms with Gasteiger partial charge in [0.1, 0.15) is 0 Å². The smallest absolute Gasteiger partial charge is 0.0873 e. The van der Waals surface area contributed by atoms with Gasteiger partial charge in [-0.1, -0.05) is 6.92 Å². The molecule has 0 bridgehead atoms. The standard InChI is InChI=1S/C5H12NPS2/c1-5-4-8-7(9-5)6(2)3/h5H,4H2,1-3H3/t5-,7+/m1/s1. The van der Waals surface area contributed by atoms with Gasteiger partial charge in [0.2, 0.25) is 0 Å². The Morgan fingerprint density at radius 2 is 2.22 bits per heavy atom. The minimum Gasteiger partial charge on any atom is -0.272 e. The van der Waals surface area contributed by atoms with E-state index in [9.17, 15) is 0 Å². The lowest BCUT2D eigenvalue weighted by Crippen LogP contribution is -1.97. The second-order valence-electron chi connectivity index (χ2n) is 2.30. The molecule has 9 heavy (non-hydrogen) atoms. The fourth-order valence-corrected chi connectivity index (χ4v) is 8.85. The Kier molecular flexibility index (Phi) is 3.16. The average Bonchev–Trinajstić information content (AvgIpc) is 2.14. The molecular formula is C5H12NPS2. The van der Waals surface area contributed by atoms with E-state index in [-0.39, 0.29) is 6.48 Å². The predicted octanol–water partition coefficient (Wildman–Crippen LogP) is 2.64. The Labute approximate surface area is 66.3 Å². The SMILES string of the molecule is C[C@@H]1CS[P@](N(C)C)S1. The van der Waals surface area contributed by atoms with Crippen LogP contribution in [0.25, 0.3) is 0 Å². The molecule has 0 radical (unpaired) electrons. The molecule has 0 unspecified atom stereocenters. The Balaban J connectivity index is 2.30. The van der Waals surface area contributed by atoms with Crippen LogP contribution in [-0.4, -0.2) is 29.8 Å². The molecule has 1 rings (SSSR count). The molecule has 1 aliphatic rings. The fraction of sp³-hybridized carbons (Fsp3) is 1.00. The van der Waals surface area contributed by atoms with Gasteiger partial charge < -0.3 is 0 Å². The van der Waals surface area contributed by atoms with Crippen molar-refractivity contribution < 1.29 is 0 Å². The zero-order valence-electron chi connectivity index (χ0n) is 6.00. The first-order valence-corrected chi connectivity index (χ1v) is 7.34. The van der Waals surface area contributed by atoms with Gasteiger partial charge in [-0.05, 0) is 14.1 Å². The molecule has 0 aromatic heterocycles. The quantitative estimate of drug-likeness (QED) is 0.572. The molecule has 1 nitrogen and oxygen atoms in total. The molecule has 54 valence electrons. The van der Waals surface area contributed by atoms with Gasteiger partial charge in [0, 0.05) is 11.0 Å². The highest BCUT2D eigenvalue weighted by Crippen LogP contribution is 2.69. The van der Waals surface area contributed by atoms with E-state index in [4.69, 9.17) is 0 Å². The highest BCUT2D eigenvalue weighted by atomic mass is 33.1. The molecule has 0 aromatic carbocycles. The molecule has 1 aliphatic heterocycles. The van der Waals surface area contributed by atoms with E-state index >= 15 is 0 Å². The maximum atomic E-state index is 2.34. The van der Waals surface area contributed by atoms with E-state index in [1.165, 1.54) is 5.75 Å². The van der Waals surface area contributed by atoms with Crippen LogP contribution in [0.5, 0.6) is 0 Å². The van der Waals surface area contributed by atoms with Crippen LogP contribution in [0.3, 0.4) is 0 Å². The van der Waals surface area contributed by atoms with Crippen molar-refractivity contribution in [3.05, 3.63) is 0 Å². The summed E-state index contributed by atoms with van der Waals surface area (Å²) in [6.45, 7) is 2.43. The number of hydrogen-bond donors (Lipinski definition) is 0. The second kappa shape index (κ2) is 3.47. The third-order valence-corrected chi connectivity index (χ3v) is 9.87. The van der Waals surface area contributed by atoms with E-state index in [0.717, 1.165) is 5.25 Å².